The van der Waals surface area contributed by atoms with Crippen LogP contribution in [0.2, 0.25) is 0 Å². The fraction of sp³-hybridized carbons (Fsp3) is 0.857. The molecule has 0 aromatic heterocycles. The smallest absolute Gasteiger partial charge is 0.0295 e. The van der Waals surface area contributed by atoms with E-state index in [9.17, 15) is 0 Å². The fourth-order valence-electron chi connectivity index (χ4n) is 1.89. The Morgan fingerprint density at radius 3 is 3.22 bits per heavy atom. The first-order chi connectivity index (χ1) is 4.36. The lowest BCUT2D eigenvalue weighted by Gasteiger charge is -2.06. The predicted molar refractivity (Wildman–Crippen MR) is 36.8 cm³/mol. The summed E-state index contributed by atoms with van der Waals surface area (Å²) < 4.78 is 0. The lowest BCUT2D eigenvalue weighted by Crippen LogP contribution is -2.19. The molecule has 2 atom stereocenters. The van der Waals surface area contributed by atoms with Crippen LogP contribution in [0.1, 0.15) is 0 Å². The van der Waals surface area contributed by atoms with Crippen molar-refractivity contribution in [1.82, 2.24) is 10.2 Å². The van der Waals surface area contributed by atoms with Gasteiger partial charge in [-0.25, -0.2) is 0 Å². The number of hydrogen-bond acceptors (Lipinski definition) is 2. The van der Waals surface area contributed by atoms with Crippen LogP contribution in [-0.4, -0.2) is 31.6 Å². The highest BCUT2D eigenvalue weighted by Gasteiger charge is 2.34. The molecular formula is C7H13N2. The lowest BCUT2D eigenvalue weighted by atomic mass is 10.0. The molecule has 0 aromatic carbocycles. The Kier molecular flexibility index (Phi) is 1.24. The van der Waals surface area contributed by atoms with Crippen LogP contribution in [0, 0.1) is 18.4 Å². The molecule has 1 N–H and O–H groups in total. The molecule has 2 aliphatic rings. The predicted octanol–water partition coefficient (Wildman–Crippen LogP) is -0.0708. The Morgan fingerprint density at radius 1 is 1.56 bits per heavy atom. The summed E-state index contributed by atoms with van der Waals surface area (Å²) in [6.45, 7) is 6.04. The zero-order valence-corrected chi connectivity index (χ0v) is 5.80. The quantitative estimate of drug-likeness (QED) is 0.487. The number of nitrogens with zero attached hydrogens (tertiary/aromatic N) is 1. The second-order valence-electron chi connectivity index (χ2n) is 3.17. The van der Waals surface area contributed by atoms with Crippen molar-refractivity contribution in [2.24, 2.45) is 11.8 Å². The Morgan fingerprint density at radius 2 is 2.44 bits per heavy atom. The third-order valence-electron chi connectivity index (χ3n) is 2.36. The van der Waals surface area contributed by atoms with Crippen molar-refractivity contribution >= 4 is 0 Å². The van der Waals surface area contributed by atoms with E-state index in [4.69, 9.17) is 0 Å². The summed E-state index contributed by atoms with van der Waals surface area (Å²) in [7, 11) is 2.16. The highest BCUT2D eigenvalue weighted by molar-refractivity contribution is 4.96. The topological polar surface area (TPSA) is 15.3 Å². The van der Waals surface area contributed by atoms with E-state index in [-0.39, 0.29) is 0 Å². The molecular weight excluding hydrogens is 112 g/mol. The maximum atomic E-state index is 3.39. The summed E-state index contributed by atoms with van der Waals surface area (Å²) in [6.07, 6.45) is 0. The van der Waals surface area contributed by atoms with Crippen molar-refractivity contribution in [1.29, 1.82) is 0 Å². The monoisotopic (exact) mass is 125 g/mol. The fourth-order valence-corrected chi connectivity index (χ4v) is 1.89. The van der Waals surface area contributed by atoms with Crippen LogP contribution in [0.4, 0.5) is 0 Å². The molecule has 1 radical (unpaired) electrons. The third kappa shape index (κ3) is 0.864. The Labute approximate surface area is 56.2 Å². The third-order valence-corrected chi connectivity index (χ3v) is 2.36. The van der Waals surface area contributed by atoms with Crippen molar-refractivity contribution < 1.29 is 0 Å². The largest absolute Gasteiger partial charge is 0.316 e. The SMILES string of the molecule is CN1[CH]C2CNCC2C1. The molecule has 2 heteroatoms. The minimum atomic E-state index is 0.843. The molecule has 2 heterocycles. The first kappa shape index (κ1) is 5.69. The molecule has 0 aliphatic carbocycles. The molecule has 51 valence electrons. The molecule has 2 fully saturated rings. The first-order valence-corrected chi connectivity index (χ1v) is 3.62. The molecule has 0 bridgehead atoms. The van der Waals surface area contributed by atoms with E-state index in [1.165, 1.54) is 19.6 Å². The molecule has 2 aliphatic heterocycles. The second kappa shape index (κ2) is 1.96. The van der Waals surface area contributed by atoms with Crippen molar-refractivity contribution in [3.63, 3.8) is 0 Å². The van der Waals surface area contributed by atoms with Crippen molar-refractivity contribution in [2.75, 3.05) is 26.7 Å². The van der Waals surface area contributed by atoms with Gasteiger partial charge in [0, 0.05) is 13.1 Å². The first-order valence-electron chi connectivity index (χ1n) is 3.62. The van der Waals surface area contributed by atoms with Crippen molar-refractivity contribution in [2.45, 2.75) is 0 Å². The molecule has 2 saturated heterocycles. The van der Waals surface area contributed by atoms with Gasteiger partial charge in [-0.1, -0.05) is 0 Å². The van der Waals surface area contributed by atoms with Gasteiger partial charge < -0.3 is 10.2 Å². The van der Waals surface area contributed by atoms with Crippen LogP contribution in [-0.2, 0) is 0 Å². The summed E-state index contributed by atoms with van der Waals surface area (Å²) in [6, 6.07) is 0. The molecule has 9 heavy (non-hydrogen) atoms. The molecule has 0 spiro atoms. The number of fused-ring (bicyclic) bond motifs is 1. The van der Waals surface area contributed by atoms with Crippen LogP contribution in [0.25, 0.3) is 0 Å². The summed E-state index contributed by atoms with van der Waals surface area (Å²) in [5, 5.41) is 3.39. The van der Waals surface area contributed by atoms with Gasteiger partial charge in [0.1, 0.15) is 0 Å². The van der Waals surface area contributed by atoms with Gasteiger partial charge in [0.05, 0.1) is 0 Å². The van der Waals surface area contributed by atoms with E-state index in [1.54, 1.807) is 0 Å². The maximum Gasteiger partial charge on any atom is 0.0295 e. The number of hydrogen-bond donors (Lipinski definition) is 1. The number of rotatable bonds is 0. The average Bonchev–Trinajstić information content (AvgIpc) is 2.22. The Bertz CT molecular complexity index is 101. The minimum Gasteiger partial charge on any atom is -0.316 e. The molecule has 0 saturated carbocycles. The van der Waals surface area contributed by atoms with Gasteiger partial charge in [-0.15, -0.1) is 0 Å². The second-order valence-corrected chi connectivity index (χ2v) is 3.17. The van der Waals surface area contributed by atoms with E-state index < -0.39 is 0 Å². The standard InChI is InChI=1S/C7H13N2/c1-9-4-6-2-8-3-7(6)5-9/h4,6-8H,2-3,5H2,1H3. The molecule has 2 nitrogen and oxygen atoms in total. The normalized spacial score (nSPS) is 43.7. The highest BCUT2D eigenvalue weighted by atomic mass is 15.2. The number of likely N-dealkylation sites (tertiary alicyclic amines) is 1. The van der Waals surface area contributed by atoms with Crippen LogP contribution < -0.4 is 5.32 Å². The van der Waals surface area contributed by atoms with Gasteiger partial charge in [-0.2, -0.15) is 0 Å². The lowest BCUT2D eigenvalue weighted by molar-refractivity contribution is 0.428. The summed E-state index contributed by atoms with van der Waals surface area (Å²) in [5.41, 5.74) is 0. The van der Waals surface area contributed by atoms with Crippen LogP contribution in [0.3, 0.4) is 0 Å². The van der Waals surface area contributed by atoms with Crippen molar-refractivity contribution in [3.05, 3.63) is 6.54 Å². The van der Waals surface area contributed by atoms with Gasteiger partial charge in [0.2, 0.25) is 0 Å². The van der Waals surface area contributed by atoms with Gasteiger partial charge in [0.15, 0.2) is 0 Å². The van der Waals surface area contributed by atoms with E-state index in [0.717, 1.165) is 11.8 Å². The van der Waals surface area contributed by atoms with Gasteiger partial charge in [-0.05, 0) is 32.0 Å². The maximum absolute atomic E-state index is 3.39. The van der Waals surface area contributed by atoms with Crippen LogP contribution in [0.15, 0.2) is 0 Å². The van der Waals surface area contributed by atoms with Gasteiger partial charge in [0.25, 0.3) is 0 Å². The zero-order chi connectivity index (χ0) is 6.27. The molecule has 2 rings (SSSR count). The van der Waals surface area contributed by atoms with E-state index in [0.29, 0.717) is 0 Å². The Hall–Kier alpha value is -0.0800. The summed E-state index contributed by atoms with van der Waals surface area (Å²) in [4.78, 5) is 2.32. The van der Waals surface area contributed by atoms with E-state index in [1.807, 2.05) is 0 Å². The van der Waals surface area contributed by atoms with Crippen LogP contribution >= 0.6 is 0 Å². The Balaban J connectivity index is 2.02. The molecule has 0 aromatic rings. The van der Waals surface area contributed by atoms with E-state index >= 15 is 0 Å². The van der Waals surface area contributed by atoms with Gasteiger partial charge >= 0.3 is 0 Å². The summed E-state index contributed by atoms with van der Waals surface area (Å²) >= 11 is 0. The summed E-state index contributed by atoms with van der Waals surface area (Å²) in [5.74, 6) is 1.75. The minimum absolute atomic E-state index is 0.843. The average molecular weight is 125 g/mol. The van der Waals surface area contributed by atoms with Crippen molar-refractivity contribution in [3.8, 4) is 0 Å². The number of nitrogens with one attached hydrogen (secondary N) is 1. The van der Waals surface area contributed by atoms with Gasteiger partial charge in [-0.3, -0.25) is 0 Å². The van der Waals surface area contributed by atoms with E-state index in [2.05, 4.69) is 23.8 Å². The van der Waals surface area contributed by atoms with Crippen LogP contribution in [0.5, 0.6) is 0 Å². The highest BCUT2D eigenvalue weighted by Crippen LogP contribution is 2.27. The molecule has 2 unspecified atom stereocenters. The molecule has 0 amide bonds. The zero-order valence-electron chi connectivity index (χ0n) is 5.80.